The van der Waals surface area contributed by atoms with Gasteiger partial charge in [-0.2, -0.15) is 0 Å². The van der Waals surface area contributed by atoms with Gasteiger partial charge in [-0.15, -0.1) is 0 Å². The van der Waals surface area contributed by atoms with Gasteiger partial charge in [-0.05, 0) is 23.6 Å². The first-order chi connectivity index (χ1) is 8.21. The molecule has 0 fully saturated rings. The summed E-state index contributed by atoms with van der Waals surface area (Å²) in [5, 5.41) is 2.97. The lowest BCUT2D eigenvalue weighted by Crippen LogP contribution is -2.29. The van der Waals surface area contributed by atoms with Gasteiger partial charge in [0.25, 0.3) is 5.91 Å². The van der Waals surface area contributed by atoms with Gasteiger partial charge in [0.15, 0.2) is 0 Å². The van der Waals surface area contributed by atoms with Crippen LogP contribution in [0.3, 0.4) is 0 Å². The van der Waals surface area contributed by atoms with Crippen molar-refractivity contribution in [2.45, 2.75) is 33.2 Å². The first-order valence-corrected chi connectivity index (χ1v) is 6.28. The highest BCUT2D eigenvalue weighted by molar-refractivity contribution is 5.94. The Labute approximate surface area is 103 Å². The first-order valence-electron chi connectivity index (χ1n) is 6.28. The van der Waals surface area contributed by atoms with Crippen LogP contribution in [0.1, 0.15) is 42.6 Å². The molecule has 94 valence electrons. The SMILES string of the molecule is CCC(CC)CNC(=O)c1cccc(CN)c1. The molecule has 3 nitrogen and oxygen atoms in total. The number of carbonyl (C=O) groups is 1. The normalized spacial score (nSPS) is 10.6. The van der Waals surface area contributed by atoms with Crippen molar-refractivity contribution in [2.75, 3.05) is 6.54 Å². The molecule has 0 aliphatic heterocycles. The molecule has 0 bridgehead atoms. The van der Waals surface area contributed by atoms with Crippen LogP contribution in [-0.2, 0) is 6.54 Å². The van der Waals surface area contributed by atoms with Crippen molar-refractivity contribution in [1.29, 1.82) is 0 Å². The van der Waals surface area contributed by atoms with Crippen LogP contribution in [0.2, 0.25) is 0 Å². The van der Waals surface area contributed by atoms with E-state index in [0.29, 0.717) is 18.0 Å². The summed E-state index contributed by atoms with van der Waals surface area (Å²) in [5.41, 5.74) is 7.23. The van der Waals surface area contributed by atoms with Crippen molar-refractivity contribution in [2.24, 2.45) is 11.7 Å². The second kappa shape index (κ2) is 7.07. The summed E-state index contributed by atoms with van der Waals surface area (Å²) in [5.74, 6) is 0.559. The largest absolute Gasteiger partial charge is 0.352 e. The molecule has 1 rings (SSSR count). The number of hydrogen-bond acceptors (Lipinski definition) is 2. The fraction of sp³-hybridized carbons (Fsp3) is 0.500. The fourth-order valence-corrected chi connectivity index (χ4v) is 1.76. The summed E-state index contributed by atoms with van der Waals surface area (Å²) in [4.78, 5) is 11.9. The number of rotatable bonds is 6. The lowest BCUT2D eigenvalue weighted by molar-refractivity contribution is 0.0946. The number of nitrogens with one attached hydrogen (secondary N) is 1. The van der Waals surface area contributed by atoms with Crippen LogP contribution in [0.5, 0.6) is 0 Å². The molecule has 1 aromatic rings. The number of benzene rings is 1. The van der Waals surface area contributed by atoms with Crippen molar-refractivity contribution in [1.82, 2.24) is 5.32 Å². The van der Waals surface area contributed by atoms with Gasteiger partial charge in [-0.25, -0.2) is 0 Å². The molecule has 0 saturated carbocycles. The predicted molar refractivity (Wildman–Crippen MR) is 70.7 cm³/mol. The highest BCUT2D eigenvalue weighted by Crippen LogP contribution is 2.07. The van der Waals surface area contributed by atoms with Crippen molar-refractivity contribution in [3.63, 3.8) is 0 Å². The third-order valence-corrected chi connectivity index (χ3v) is 3.13. The number of carbonyl (C=O) groups excluding carboxylic acids is 1. The van der Waals surface area contributed by atoms with E-state index in [1.165, 1.54) is 0 Å². The van der Waals surface area contributed by atoms with Crippen LogP contribution < -0.4 is 11.1 Å². The minimum Gasteiger partial charge on any atom is -0.352 e. The Bertz CT molecular complexity index is 359. The molecule has 0 unspecified atom stereocenters. The Hall–Kier alpha value is -1.35. The van der Waals surface area contributed by atoms with Crippen LogP contribution in [0.15, 0.2) is 24.3 Å². The summed E-state index contributed by atoms with van der Waals surface area (Å²) in [6.45, 7) is 5.51. The monoisotopic (exact) mass is 234 g/mol. The van der Waals surface area contributed by atoms with Crippen molar-refractivity contribution < 1.29 is 4.79 Å². The second-order valence-corrected chi connectivity index (χ2v) is 4.30. The van der Waals surface area contributed by atoms with E-state index in [2.05, 4.69) is 19.2 Å². The van der Waals surface area contributed by atoms with Crippen molar-refractivity contribution in [3.8, 4) is 0 Å². The van der Waals surface area contributed by atoms with E-state index in [1.807, 2.05) is 24.3 Å². The second-order valence-electron chi connectivity index (χ2n) is 4.30. The van der Waals surface area contributed by atoms with E-state index in [9.17, 15) is 4.79 Å². The van der Waals surface area contributed by atoms with Crippen LogP contribution >= 0.6 is 0 Å². The molecule has 1 amide bonds. The first kappa shape index (κ1) is 13.7. The number of hydrogen-bond donors (Lipinski definition) is 2. The maximum Gasteiger partial charge on any atom is 0.251 e. The minimum absolute atomic E-state index is 0.00722. The molecular formula is C14H22N2O. The number of amides is 1. The van der Waals surface area contributed by atoms with Gasteiger partial charge in [0.2, 0.25) is 0 Å². The molecule has 0 aromatic heterocycles. The van der Waals surface area contributed by atoms with Gasteiger partial charge < -0.3 is 11.1 Å². The average molecular weight is 234 g/mol. The zero-order valence-electron chi connectivity index (χ0n) is 10.7. The van der Waals surface area contributed by atoms with Gasteiger partial charge in [0.05, 0.1) is 0 Å². The minimum atomic E-state index is -0.00722. The van der Waals surface area contributed by atoms with E-state index < -0.39 is 0 Å². The molecule has 0 spiro atoms. The Morgan fingerprint density at radius 1 is 1.35 bits per heavy atom. The topological polar surface area (TPSA) is 55.1 Å². The molecular weight excluding hydrogens is 212 g/mol. The lowest BCUT2D eigenvalue weighted by Gasteiger charge is -2.13. The number of nitrogens with two attached hydrogens (primary N) is 1. The highest BCUT2D eigenvalue weighted by atomic mass is 16.1. The molecule has 0 aliphatic carbocycles. The van der Waals surface area contributed by atoms with Gasteiger partial charge in [0.1, 0.15) is 0 Å². The zero-order valence-corrected chi connectivity index (χ0v) is 10.7. The van der Waals surface area contributed by atoms with E-state index in [4.69, 9.17) is 5.73 Å². The molecule has 0 radical (unpaired) electrons. The van der Waals surface area contributed by atoms with Gasteiger partial charge >= 0.3 is 0 Å². The lowest BCUT2D eigenvalue weighted by atomic mass is 10.0. The third kappa shape index (κ3) is 4.19. The summed E-state index contributed by atoms with van der Waals surface area (Å²) < 4.78 is 0. The van der Waals surface area contributed by atoms with Gasteiger partial charge in [-0.3, -0.25) is 4.79 Å². The van der Waals surface area contributed by atoms with Crippen molar-refractivity contribution >= 4 is 5.91 Å². The molecule has 1 aromatic carbocycles. The predicted octanol–water partition coefficient (Wildman–Crippen LogP) is 2.31. The van der Waals surface area contributed by atoms with Crippen molar-refractivity contribution in [3.05, 3.63) is 35.4 Å². The van der Waals surface area contributed by atoms with Crippen LogP contribution in [0.4, 0.5) is 0 Å². The molecule has 0 saturated heterocycles. The van der Waals surface area contributed by atoms with E-state index >= 15 is 0 Å². The van der Waals surface area contributed by atoms with E-state index in [0.717, 1.165) is 24.9 Å². The molecule has 0 aliphatic rings. The smallest absolute Gasteiger partial charge is 0.251 e. The summed E-state index contributed by atoms with van der Waals surface area (Å²) in [6, 6.07) is 7.47. The summed E-state index contributed by atoms with van der Waals surface area (Å²) in [7, 11) is 0. The summed E-state index contributed by atoms with van der Waals surface area (Å²) >= 11 is 0. The summed E-state index contributed by atoms with van der Waals surface area (Å²) in [6.07, 6.45) is 2.19. The maximum atomic E-state index is 11.9. The zero-order chi connectivity index (χ0) is 12.7. The van der Waals surface area contributed by atoms with E-state index in [1.54, 1.807) is 0 Å². The molecule has 0 heterocycles. The fourth-order valence-electron chi connectivity index (χ4n) is 1.76. The quantitative estimate of drug-likeness (QED) is 0.793. The van der Waals surface area contributed by atoms with Gasteiger partial charge in [0, 0.05) is 18.7 Å². The third-order valence-electron chi connectivity index (χ3n) is 3.13. The standard InChI is InChI=1S/C14H22N2O/c1-3-11(4-2)10-16-14(17)13-7-5-6-12(8-13)9-15/h5-8,11H,3-4,9-10,15H2,1-2H3,(H,16,17). The molecule has 3 N–H and O–H groups in total. The van der Waals surface area contributed by atoms with Crippen LogP contribution in [0, 0.1) is 5.92 Å². The molecule has 0 atom stereocenters. The molecule has 17 heavy (non-hydrogen) atoms. The Morgan fingerprint density at radius 3 is 2.65 bits per heavy atom. The average Bonchev–Trinajstić information content (AvgIpc) is 2.39. The Balaban J connectivity index is 2.57. The van der Waals surface area contributed by atoms with E-state index in [-0.39, 0.29) is 5.91 Å². The van der Waals surface area contributed by atoms with Crippen LogP contribution in [0.25, 0.3) is 0 Å². The maximum absolute atomic E-state index is 11.9. The Kier molecular flexibility index (Phi) is 5.70. The van der Waals surface area contributed by atoms with Crippen LogP contribution in [-0.4, -0.2) is 12.5 Å². The Morgan fingerprint density at radius 2 is 2.06 bits per heavy atom. The van der Waals surface area contributed by atoms with Gasteiger partial charge in [-0.1, -0.05) is 38.8 Å². The highest BCUT2D eigenvalue weighted by Gasteiger charge is 2.08. The molecule has 3 heteroatoms.